The maximum absolute atomic E-state index is 13.4. The highest BCUT2D eigenvalue weighted by Crippen LogP contribution is 2.45. The van der Waals surface area contributed by atoms with E-state index in [1.165, 1.54) is 12.3 Å². The Balaban J connectivity index is 1.61. The molecule has 4 N–H and O–H groups in total. The zero-order valence-corrected chi connectivity index (χ0v) is 18.8. The highest BCUT2D eigenvalue weighted by atomic mass is 16.5. The fourth-order valence-electron chi connectivity index (χ4n) is 4.47. The molecule has 0 saturated carbocycles. The third-order valence-corrected chi connectivity index (χ3v) is 6.53. The van der Waals surface area contributed by atoms with Crippen molar-refractivity contribution in [1.82, 2.24) is 0 Å². The van der Waals surface area contributed by atoms with Gasteiger partial charge in [0.1, 0.15) is 52.4 Å². The van der Waals surface area contributed by atoms with E-state index >= 15 is 0 Å². The summed E-state index contributed by atoms with van der Waals surface area (Å²) in [6.07, 6.45) is 0.658. The Hall–Kier alpha value is -3.23. The third-order valence-electron chi connectivity index (χ3n) is 6.53. The van der Waals surface area contributed by atoms with E-state index in [-0.39, 0.29) is 46.4 Å². The SMILES string of the molecule is CC(C)(O)[C@@H]1Cc2c(ccc(-c3coc4cc5c(c(O)c4c3=O)C[C@H](C(C)(C)O)O5)c2O)O1. The van der Waals surface area contributed by atoms with E-state index in [0.29, 0.717) is 22.6 Å². The molecule has 0 unspecified atom stereocenters. The first kappa shape index (κ1) is 21.6. The minimum atomic E-state index is -1.14. The van der Waals surface area contributed by atoms with Crippen molar-refractivity contribution in [1.29, 1.82) is 0 Å². The van der Waals surface area contributed by atoms with Crippen LogP contribution >= 0.6 is 0 Å². The van der Waals surface area contributed by atoms with Crippen molar-refractivity contribution < 1.29 is 34.3 Å². The molecule has 2 aromatic carbocycles. The summed E-state index contributed by atoms with van der Waals surface area (Å²) in [5.74, 6) is 0.426. The normalized spacial score (nSPS) is 19.8. The average molecular weight is 454 g/mol. The molecule has 0 bridgehead atoms. The van der Waals surface area contributed by atoms with Crippen LogP contribution in [0.2, 0.25) is 0 Å². The van der Waals surface area contributed by atoms with Gasteiger partial charge in [0.15, 0.2) is 0 Å². The van der Waals surface area contributed by atoms with Crippen LogP contribution in [0.5, 0.6) is 23.0 Å². The van der Waals surface area contributed by atoms with Gasteiger partial charge in [0.05, 0.1) is 16.8 Å². The Kier molecular flexibility index (Phi) is 4.51. The molecule has 1 aromatic heterocycles. The van der Waals surface area contributed by atoms with Crippen LogP contribution in [0.25, 0.3) is 22.1 Å². The van der Waals surface area contributed by atoms with Gasteiger partial charge in [-0.25, -0.2) is 0 Å². The quantitative estimate of drug-likeness (QED) is 0.475. The summed E-state index contributed by atoms with van der Waals surface area (Å²) in [6.45, 7) is 6.50. The molecule has 5 rings (SSSR count). The van der Waals surface area contributed by atoms with Gasteiger partial charge in [-0.3, -0.25) is 4.79 Å². The van der Waals surface area contributed by atoms with E-state index in [4.69, 9.17) is 13.9 Å². The van der Waals surface area contributed by atoms with Crippen LogP contribution < -0.4 is 14.9 Å². The number of benzene rings is 2. The van der Waals surface area contributed by atoms with Crippen LogP contribution in [0.3, 0.4) is 0 Å². The van der Waals surface area contributed by atoms with Gasteiger partial charge >= 0.3 is 0 Å². The molecule has 0 aliphatic carbocycles. The number of phenols is 2. The molecule has 174 valence electrons. The first-order chi connectivity index (χ1) is 15.4. The maximum atomic E-state index is 13.4. The van der Waals surface area contributed by atoms with Gasteiger partial charge in [0, 0.05) is 35.6 Å². The topological polar surface area (TPSA) is 130 Å². The van der Waals surface area contributed by atoms with Crippen LogP contribution in [-0.2, 0) is 12.8 Å². The lowest BCUT2D eigenvalue weighted by molar-refractivity contribution is -0.0231. The Labute approximate surface area is 189 Å². The van der Waals surface area contributed by atoms with Crippen LogP contribution in [0, 0.1) is 0 Å². The number of rotatable bonds is 3. The van der Waals surface area contributed by atoms with E-state index in [1.54, 1.807) is 39.8 Å². The molecule has 0 saturated heterocycles. The lowest BCUT2D eigenvalue weighted by Gasteiger charge is -2.24. The Morgan fingerprint density at radius 3 is 2.03 bits per heavy atom. The molecule has 8 heteroatoms. The van der Waals surface area contributed by atoms with E-state index in [1.807, 2.05) is 0 Å². The van der Waals surface area contributed by atoms with Crippen molar-refractivity contribution in [2.75, 3.05) is 0 Å². The number of fused-ring (bicyclic) bond motifs is 3. The van der Waals surface area contributed by atoms with Gasteiger partial charge < -0.3 is 34.3 Å². The second-order valence-corrected chi connectivity index (χ2v) is 9.92. The lowest BCUT2D eigenvalue weighted by atomic mass is 9.94. The summed E-state index contributed by atoms with van der Waals surface area (Å²) in [7, 11) is 0. The zero-order chi connectivity index (χ0) is 23.9. The van der Waals surface area contributed by atoms with E-state index in [9.17, 15) is 25.2 Å². The number of ether oxygens (including phenoxy) is 2. The summed E-state index contributed by atoms with van der Waals surface area (Å²) in [5, 5.41) is 42.4. The van der Waals surface area contributed by atoms with Crippen molar-refractivity contribution in [2.24, 2.45) is 0 Å². The van der Waals surface area contributed by atoms with Crippen molar-refractivity contribution in [3.63, 3.8) is 0 Å². The van der Waals surface area contributed by atoms with Crippen molar-refractivity contribution in [3.05, 3.63) is 45.8 Å². The van der Waals surface area contributed by atoms with Crippen LogP contribution in [0.1, 0.15) is 38.8 Å². The van der Waals surface area contributed by atoms with Crippen molar-refractivity contribution >= 4 is 11.0 Å². The van der Waals surface area contributed by atoms with Crippen LogP contribution in [0.15, 0.2) is 33.7 Å². The number of aliphatic hydroxyl groups is 2. The standard InChI is InChI=1S/C25H26O8/c1-24(2,29)18-7-12-15(32-18)6-5-11(21(12)26)14-10-31-17-9-16-13(22(27)20(17)23(14)28)8-19(33-16)25(3,4)30/h5-6,9-10,18-19,26-27,29-30H,7-8H2,1-4H3/t18-,19+/m0/s1. The van der Waals surface area contributed by atoms with Gasteiger partial charge in [0.2, 0.25) is 5.43 Å². The molecule has 8 nitrogen and oxygen atoms in total. The van der Waals surface area contributed by atoms with E-state index in [0.717, 1.165) is 0 Å². The smallest absolute Gasteiger partial charge is 0.204 e. The molecule has 2 aliphatic heterocycles. The number of phenolic OH excluding ortho intramolecular Hbond substituents is 2. The monoisotopic (exact) mass is 454 g/mol. The second kappa shape index (κ2) is 6.88. The summed E-state index contributed by atoms with van der Waals surface area (Å²) in [4.78, 5) is 13.4. The fourth-order valence-corrected chi connectivity index (χ4v) is 4.47. The molecule has 0 fully saturated rings. The summed E-state index contributed by atoms with van der Waals surface area (Å²) >= 11 is 0. The molecule has 33 heavy (non-hydrogen) atoms. The molecule has 2 aliphatic rings. The molecule has 0 spiro atoms. The minimum Gasteiger partial charge on any atom is -0.507 e. The van der Waals surface area contributed by atoms with Gasteiger partial charge in [-0.1, -0.05) is 0 Å². The summed E-state index contributed by atoms with van der Waals surface area (Å²) in [6, 6.07) is 4.73. The third kappa shape index (κ3) is 3.32. The number of hydrogen-bond acceptors (Lipinski definition) is 8. The van der Waals surface area contributed by atoms with Gasteiger partial charge in [-0.2, -0.15) is 0 Å². The second-order valence-electron chi connectivity index (χ2n) is 9.92. The summed E-state index contributed by atoms with van der Waals surface area (Å²) in [5.41, 5.74) is -1.35. The molecule has 0 radical (unpaired) electrons. The first-order valence-electron chi connectivity index (χ1n) is 10.8. The first-order valence-corrected chi connectivity index (χ1v) is 10.8. The lowest BCUT2D eigenvalue weighted by Crippen LogP contribution is -2.39. The molecular weight excluding hydrogens is 428 g/mol. The predicted octanol–water partition coefficient (Wildman–Crippen LogP) is 3.02. The number of aromatic hydroxyl groups is 2. The van der Waals surface area contributed by atoms with Gasteiger partial charge in [-0.05, 0) is 39.8 Å². The Morgan fingerprint density at radius 2 is 1.42 bits per heavy atom. The fraction of sp³-hybridized carbons (Fsp3) is 0.400. The van der Waals surface area contributed by atoms with Gasteiger partial charge in [0.25, 0.3) is 0 Å². The largest absolute Gasteiger partial charge is 0.507 e. The molecule has 3 heterocycles. The van der Waals surface area contributed by atoms with Crippen molar-refractivity contribution in [2.45, 2.75) is 63.9 Å². The van der Waals surface area contributed by atoms with E-state index in [2.05, 4.69) is 0 Å². The zero-order valence-electron chi connectivity index (χ0n) is 18.8. The molecule has 2 atom stereocenters. The number of hydrogen-bond donors (Lipinski definition) is 4. The van der Waals surface area contributed by atoms with Crippen molar-refractivity contribution in [3.8, 4) is 34.1 Å². The van der Waals surface area contributed by atoms with Gasteiger partial charge in [-0.15, -0.1) is 0 Å². The highest BCUT2D eigenvalue weighted by Gasteiger charge is 2.39. The highest BCUT2D eigenvalue weighted by molar-refractivity contribution is 5.91. The molecular formula is C25H26O8. The molecule has 0 amide bonds. The molecule has 3 aromatic rings. The van der Waals surface area contributed by atoms with Crippen LogP contribution in [0.4, 0.5) is 0 Å². The predicted molar refractivity (Wildman–Crippen MR) is 120 cm³/mol. The minimum absolute atomic E-state index is 0.0169. The Morgan fingerprint density at radius 1 is 0.848 bits per heavy atom. The van der Waals surface area contributed by atoms with Crippen LogP contribution in [-0.4, -0.2) is 43.8 Å². The maximum Gasteiger partial charge on any atom is 0.204 e. The summed E-state index contributed by atoms with van der Waals surface area (Å²) < 4.78 is 17.2. The van der Waals surface area contributed by atoms with E-state index < -0.39 is 28.8 Å². The average Bonchev–Trinajstić information content (AvgIpc) is 3.34. The Bertz CT molecular complexity index is 1340.